The van der Waals surface area contributed by atoms with E-state index < -0.39 is 11.6 Å². The van der Waals surface area contributed by atoms with Gasteiger partial charge in [0.1, 0.15) is 16.9 Å². The third-order valence-corrected chi connectivity index (χ3v) is 3.44. The lowest BCUT2D eigenvalue weighted by Crippen LogP contribution is -2.28. The van der Waals surface area contributed by atoms with Crippen molar-refractivity contribution < 1.29 is 14.6 Å². The summed E-state index contributed by atoms with van der Waals surface area (Å²) in [5, 5.41) is 14.3. The first-order chi connectivity index (χ1) is 9.26. The Morgan fingerprint density at radius 2 is 2.15 bits per heavy atom. The van der Waals surface area contributed by atoms with Gasteiger partial charge in [-0.3, -0.25) is 4.68 Å². The number of rotatable bonds is 4. The zero-order valence-electron chi connectivity index (χ0n) is 12.4. The van der Waals surface area contributed by atoms with Gasteiger partial charge in [-0.25, -0.2) is 9.78 Å². The first-order valence-corrected chi connectivity index (χ1v) is 6.51. The van der Waals surface area contributed by atoms with Crippen molar-refractivity contribution in [3.8, 4) is 5.75 Å². The van der Waals surface area contributed by atoms with E-state index in [0.29, 0.717) is 22.5 Å². The zero-order chi connectivity index (χ0) is 15.1. The fourth-order valence-electron chi connectivity index (χ4n) is 1.99. The molecule has 108 valence electrons. The minimum absolute atomic E-state index is 0.0649. The number of aromatic carboxylic acids is 1. The van der Waals surface area contributed by atoms with E-state index in [2.05, 4.69) is 10.1 Å². The molecule has 0 bridgehead atoms. The molecule has 2 aromatic heterocycles. The van der Waals surface area contributed by atoms with Crippen molar-refractivity contribution in [2.24, 2.45) is 7.05 Å². The molecule has 0 spiro atoms. The van der Waals surface area contributed by atoms with Crippen LogP contribution in [0.3, 0.4) is 0 Å². The molecule has 0 aliphatic carbocycles. The quantitative estimate of drug-likeness (QED) is 0.929. The van der Waals surface area contributed by atoms with Crippen LogP contribution in [-0.2, 0) is 7.05 Å². The number of nitrogens with zero attached hydrogens (tertiary/aromatic N) is 3. The van der Waals surface area contributed by atoms with E-state index in [-0.39, 0.29) is 5.56 Å². The van der Waals surface area contributed by atoms with Crippen LogP contribution in [0, 0.1) is 6.92 Å². The molecule has 0 saturated carbocycles. The maximum absolute atomic E-state index is 11.4. The number of ether oxygens (including phenoxy) is 1. The van der Waals surface area contributed by atoms with Crippen LogP contribution in [0.2, 0.25) is 0 Å². The molecule has 0 unspecified atom stereocenters. The maximum atomic E-state index is 11.4. The van der Waals surface area contributed by atoms with Crippen molar-refractivity contribution in [3.05, 3.63) is 17.5 Å². The average molecular weight is 277 g/mol. The Morgan fingerprint density at radius 1 is 1.50 bits per heavy atom. The monoisotopic (exact) mass is 277 g/mol. The molecule has 0 amide bonds. The number of hydrogen-bond donors (Lipinski definition) is 1. The summed E-state index contributed by atoms with van der Waals surface area (Å²) in [7, 11) is 1.78. The second-order valence-corrected chi connectivity index (χ2v) is 5.43. The number of aromatic nitrogens is 3. The Hall–Kier alpha value is -2.11. The molecule has 2 aromatic rings. The molecule has 0 radical (unpaired) electrons. The van der Waals surface area contributed by atoms with Crippen LogP contribution >= 0.6 is 0 Å². The lowest BCUT2D eigenvalue weighted by Gasteiger charge is -2.26. The van der Waals surface area contributed by atoms with E-state index in [1.165, 1.54) is 6.20 Å². The van der Waals surface area contributed by atoms with Gasteiger partial charge in [0.05, 0.1) is 11.1 Å². The van der Waals surface area contributed by atoms with Crippen LogP contribution < -0.4 is 4.74 Å². The van der Waals surface area contributed by atoms with Crippen LogP contribution in [0.25, 0.3) is 11.0 Å². The molecular weight excluding hydrogens is 258 g/mol. The van der Waals surface area contributed by atoms with Gasteiger partial charge < -0.3 is 9.84 Å². The highest BCUT2D eigenvalue weighted by Crippen LogP contribution is 2.34. The zero-order valence-corrected chi connectivity index (χ0v) is 12.4. The predicted molar refractivity (Wildman–Crippen MR) is 75.2 cm³/mol. The first-order valence-electron chi connectivity index (χ1n) is 6.51. The van der Waals surface area contributed by atoms with Gasteiger partial charge in [0, 0.05) is 13.2 Å². The molecule has 0 saturated heterocycles. The molecule has 20 heavy (non-hydrogen) atoms. The summed E-state index contributed by atoms with van der Waals surface area (Å²) < 4.78 is 7.60. The smallest absolute Gasteiger partial charge is 0.341 e. The highest BCUT2D eigenvalue weighted by molar-refractivity contribution is 5.98. The SMILES string of the molecule is CCC(C)(C)Oc1c(C(=O)O)cnc2c1c(C)nn2C. The van der Waals surface area contributed by atoms with E-state index >= 15 is 0 Å². The van der Waals surface area contributed by atoms with Gasteiger partial charge in [0.15, 0.2) is 5.65 Å². The number of fused-ring (bicyclic) bond motifs is 1. The molecular formula is C14H19N3O3. The number of pyridine rings is 1. The second kappa shape index (κ2) is 4.77. The number of hydrogen-bond acceptors (Lipinski definition) is 4. The molecule has 6 heteroatoms. The van der Waals surface area contributed by atoms with Crippen molar-refractivity contribution in [3.63, 3.8) is 0 Å². The lowest BCUT2D eigenvalue weighted by atomic mass is 10.1. The summed E-state index contributed by atoms with van der Waals surface area (Å²) in [6.07, 6.45) is 2.09. The lowest BCUT2D eigenvalue weighted by molar-refractivity contribution is 0.0673. The van der Waals surface area contributed by atoms with Gasteiger partial charge in [-0.2, -0.15) is 5.10 Å². The summed E-state index contributed by atoms with van der Waals surface area (Å²) in [5.74, 6) is -0.704. The molecule has 0 fully saturated rings. The number of carboxylic acids is 1. The first kappa shape index (κ1) is 14.3. The average Bonchev–Trinajstić information content (AvgIpc) is 2.65. The number of carboxylic acid groups (broad SMARTS) is 1. The van der Waals surface area contributed by atoms with Gasteiger partial charge in [-0.1, -0.05) is 6.92 Å². The van der Waals surface area contributed by atoms with Crippen LogP contribution in [0.5, 0.6) is 5.75 Å². The molecule has 1 N–H and O–H groups in total. The molecule has 0 aromatic carbocycles. The van der Waals surface area contributed by atoms with Gasteiger partial charge in [0.2, 0.25) is 0 Å². The molecule has 2 rings (SSSR count). The van der Waals surface area contributed by atoms with E-state index in [9.17, 15) is 9.90 Å². The van der Waals surface area contributed by atoms with Gasteiger partial charge in [-0.05, 0) is 27.2 Å². The largest absolute Gasteiger partial charge is 0.486 e. The highest BCUT2D eigenvalue weighted by atomic mass is 16.5. The van der Waals surface area contributed by atoms with E-state index in [4.69, 9.17) is 4.74 Å². The molecule has 0 aliphatic rings. The summed E-state index contributed by atoms with van der Waals surface area (Å²) in [5.41, 5.74) is 0.936. The maximum Gasteiger partial charge on any atom is 0.341 e. The fraction of sp³-hybridized carbons (Fsp3) is 0.500. The summed E-state index contributed by atoms with van der Waals surface area (Å²) in [6, 6.07) is 0. The third kappa shape index (κ3) is 2.33. The van der Waals surface area contributed by atoms with Crippen molar-refractivity contribution in [2.45, 2.75) is 39.7 Å². The summed E-state index contributed by atoms with van der Waals surface area (Å²) >= 11 is 0. The second-order valence-electron chi connectivity index (χ2n) is 5.43. The van der Waals surface area contributed by atoms with Crippen molar-refractivity contribution >= 4 is 17.0 Å². The van der Waals surface area contributed by atoms with Crippen LogP contribution in [0.4, 0.5) is 0 Å². The van der Waals surface area contributed by atoms with Gasteiger partial charge in [-0.15, -0.1) is 0 Å². The Labute approximate surface area is 117 Å². The summed E-state index contributed by atoms with van der Waals surface area (Å²) in [6.45, 7) is 7.67. The third-order valence-electron chi connectivity index (χ3n) is 3.44. The van der Waals surface area contributed by atoms with Crippen LogP contribution in [0.15, 0.2) is 6.20 Å². The normalized spacial score (nSPS) is 11.8. The Balaban J connectivity index is 2.75. The van der Waals surface area contributed by atoms with E-state index in [1.54, 1.807) is 11.7 Å². The van der Waals surface area contributed by atoms with E-state index in [0.717, 1.165) is 6.42 Å². The van der Waals surface area contributed by atoms with Crippen LogP contribution in [0.1, 0.15) is 43.2 Å². The van der Waals surface area contributed by atoms with Crippen molar-refractivity contribution in [2.75, 3.05) is 0 Å². The Kier molecular flexibility index (Phi) is 3.41. The van der Waals surface area contributed by atoms with Gasteiger partial charge in [0.25, 0.3) is 0 Å². The number of carbonyl (C=O) groups is 1. The summed E-state index contributed by atoms with van der Waals surface area (Å²) in [4.78, 5) is 15.6. The van der Waals surface area contributed by atoms with Crippen LogP contribution in [-0.4, -0.2) is 31.4 Å². The van der Waals surface area contributed by atoms with Crippen molar-refractivity contribution in [1.29, 1.82) is 0 Å². The predicted octanol–water partition coefficient (Wildman–Crippen LogP) is 2.54. The molecule has 6 nitrogen and oxygen atoms in total. The molecule has 0 aliphatic heterocycles. The number of aryl methyl sites for hydroxylation is 2. The molecule has 2 heterocycles. The van der Waals surface area contributed by atoms with Crippen molar-refractivity contribution in [1.82, 2.24) is 14.8 Å². The Morgan fingerprint density at radius 3 is 2.70 bits per heavy atom. The standard InChI is InChI=1S/C14H19N3O3/c1-6-14(3,4)20-11-9(13(18)19)7-15-12-10(11)8(2)16-17(12)5/h7H,6H2,1-5H3,(H,18,19). The Bertz CT molecular complexity index is 674. The highest BCUT2D eigenvalue weighted by Gasteiger charge is 2.26. The minimum atomic E-state index is -1.05. The van der Waals surface area contributed by atoms with Gasteiger partial charge >= 0.3 is 5.97 Å². The minimum Gasteiger partial charge on any atom is -0.486 e. The topological polar surface area (TPSA) is 77.2 Å². The fourth-order valence-corrected chi connectivity index (χ4v) is 1.99. The van der Waals surface area contributed by atoms with E-state index in [1.807, 2.05) is 27.7 Å². The molecule has 0 atom stereocenters.